The maximum Gasteiger partial charge on any atom is 0.248 e. The van der Waals surface area contributed by atoms with Crippen LogP contribution in [-0.2, 0) is 6.42 Å². The number of aromatic hydroxyl groups is 1. The van der Waals surface area contributed by atoms with Gasteiger partial charge in [-0.05, 0) is 92.2 Å². The smallest absolute Gasteiger partial charge is 0.248 e. The lowest BCUT2D eigenvalue weighted by atomic mass is 9.67. The molecule has 6 nitrogen and oxygen atoms in total. The van der Waals surface area contributed by atoms with Crippen LogP contribution in [0, 0.1) is 17.8 Å². The first kappa shape index (κ1) is 25.8. The van der Waals surface area contributed by atoms with Crippen molar-refractivity contribution in [1.29, 1.82) is 0 Å². The third-order valence-electron chi connectivity index (χ3n) is 8.41. The molecule has 4 N–H and O–H groups in total. The van der Waals surface area contributed by atoms with Crippen LogP contribution in [0.15, 0.2) is 53.3 Å². The second kappa shape index (κ2) is 11.7. The Kier molecular flexibility index (Phi) is 8.16. The second-order valence-electron chi connectivity index (χ2n) is 11.3. The molecular formula is C31H40N2O4. The number of pyridine rings is 1. The van der Waals surface area contributed by atoms with E-state index in [1.54, 1.807) is 12.1 Å². The number of fused-ring (bicyclic) bond motifs is 3. The molecule has 2 aromatic carbocycles. The van der Waals surface area contributed by atoms with Crippen LogP contribution < -0.4 is 15.6 Å². The van der Waals surface area contributed by atoms with Crippen molar-refractivity contribution >= 4 is 10.9 Å². The van der Waals surface area contributed by atoms with Crippen LogP contribution in [0.3, 0.4) is 0 Å². The van der Waals surface area contributed by atoms with Crippen molar-refractivity contribution in [1.82, 2.24) is 10.3 Å². The number of benzene rings is 2. The number of rotatable bonds is 10. The van der Waals surface area contributed by atoms with E-state index in [-0.39, 0.29) is 17.4 Å². The van der Waals surface area contributed by atoms with Gasteiger partial charge in [0.15, 0.2) is 0 Å². The van der Waals surface area contributed by atoms with E-state index in [2.05, 4.69) is 41.5 Å². The van der Waals surface area contributed by atoms with E-state index in [9.17, 15) is 15.0 Å². The molecule has 0 spiro atoms. The Balaban J connectivity index is 1.07. The van der Waals surface area contributed by atoms with Gasteiger partial charge in [-0.3, -0.25) is 4.79 Å². The minimum absolute atomic E-state index is 0.00584. The van der Waals surface area contributed by atoms with Crippen molar-refractivity contribution in [3.8, 4) is 11.5 Å². The standard InChI is InChI=1S/C31H40N2O4/c1-20(32-19-29(35)26-9-11-28(34)31-27(26)10-12-30(36)33-31)15-21-5-7-25(8-6-21)37-14-13-24-17-22-3-2-4-23(16-22)18-24/h5-12,20,22-24,29,32,34-35H,2-4,13-19H2,1H3,(H,33,36)/t20?,22?,23?,24?,29-/m0/s1. The zero-order valence-electron chi connectivity index (χ0n) is 21.8. The number of aromatic nitrogens is 1. The van der Waals surface area contributed by atoms with E-state index in [0.717, 1.165) is 36.5 Å². The average molecular weight is 505 g/mol. The molecule has 37 heavy (non-hydrogen) atoms. The van der Waals surface area contributed by atoms with Gasteiger partial charge < -0.3 is 25.3 Å². The van der Waals surface area contributed by atoms with Gasteiger partial charge in [0.05, 0.1) is 18.2 Å². The second-order valence-corrected chi connectivity index (χ2v) is 11.3. The van der Waals surface area contributed by atoms with Gasteiger partial charge in [0, 0.05) is 24.0 Å². The van der Waals surface area contributed by atoms with Crippen LogP contribution in [-0.4, -0.2) is 34.4 Å². The Morgan fingerprint density at radius 1 is 1.03 bits per heavy atom. The molecule has 198 valence electrons. The lowest BCUT2D eigenvalue weighted by Crippen LogP contribution is -2.32. The number of nitrogens with one attached hydrogen (secondary N) is 2. The van der Waals surface area contributed by atoms with Crippen LogP contribution >= 0.6 is 0 Å². The van der Waals surface area contributed by atoms with Crippen molar-refractivity contribution in [3.05, 3.63) is 70.0 Å². The van der Waals surface area contributed by atoms with Crippen molar-refractivity contribution in [2.45, 2.75) is 70.4 Å². The summed E-state index contributed by atoms with van der Waals surface area (Å²) >= 11 is 0. The molecule has 3 aromatic rings. The number of hydrogen-bond donors (Lipinski definition) is 4. The van der Waals surface area contributed by atoms with E-state index in [0.29, 0.717) is 23.0 Å². The quantitative estimate of drug-likeness (QED) is 0.294. The highest BCUT2D eigenvalue weighted by molar-refractivity contribution is 5.87. The van der Waals surface area contributed by atoms with Crippen molar-refractivity contribution in [3.63, 3.8) is 0 Å². The highest BCUT2D eigenvalue weighted by atomic mass is 16.5. The van der Waals surface area contributed by atoms with Crippen molar-refractivity contribution in [2.24, 2.45) is 17.8 Å². The zero-order valence-corrected chi connectivity index (χ0v) is 21.8. The van der Waals surface area contributed by atoms with Crippen LogP contribution in [0.2, 0.25) is 0 Å². The van der Waals surface area contributed by atoms with Crippen LogP contribution in [0.1, 0.15) is 69.1 Å². The molecule has 0 amide bonds. The fourth-order valence-corrected chi connectivity index (χ4v) is 6.57. The minimum atomic E-state index is -0.768. The van der Waals surface area contributed by atoms with Crippen molar-refractivity contribution < 1.29 is 14.9 Å². The first-order valence-electron chi connectivity index (χ1n) is 13.9. The molecule has 6 heteroatoms. The molecule has 2 saturated carbocycles. The molecule has 2 fully saturated rings. The largest absolute Gasteiger partial charge is 0.506 e. The Morgan fingerprint density at radius 3 is 2.54 bits per heavy atom. The predicted molar refractivity (Wildman–Crippen MR) is 147 cm³/mol. The number of ether oxygens (including phenoxy) is 1. The summed E-state index contributed by atoms with van der Waals surface area (Å²) in [7, 11) is 0. The fourth-order valence-electron chi connectivity index (χ4n) is 6.57. The van der Waals surface area contributed by atoms with E-state index in [1.165, 1.54) is 62.6 Å². The van der Waals surface area contributed by atoms with Gasteiger partial charge in [0.1, 0.15) is 11.5 Å². The van der Waals surface area contributed by atoms with Crippen molar-refractivity contribution in [2.75, 3.05) is 13.2 Å². The summed E-state index contributed by atoms with van der Waals surface area (Å²) in [4.78, 5) is 14.3. The molecule has 2 aliphatic carbocycles. The molecule has 0 aliphatic heterocycles. The first-order chi connectivity index (χ1) is 17.9. The van der Waals surface area contributed by atoms with Gasteiger partial charge in [-0.25, -0.2) is 0 Å². The topological polar surface area (TPSA) is 94.6 Å². The average Bonchev–Trinajstić information content (AvgIpc) is 2.89. The number of aromatic amines is 1. The Hall–Kier alpha value is -2.83. The maximum atomic E-state index is 11.6. The lowest BCUT2D eigenvalue weighted by Gasteiger charge is -2.39. The number of phenolic OH excluding ortho intramolecular Hbond substituents is 1. The number of phenols is 1. The number of hydrogen-bond acceptors (Lipinski definition) is 5. The molecule has 0 radical (unpaired) electrons. The number of aliphatic hydroxyl groups excluding tert-OH is 1. The van der Waals surface area contributed by atoms with Gasteiger partial charge in [0.25, 0.3) is 0 Å². The number of H-pyrrole nitrogens is 1. The fraction of sp³-hybridized carbons (Fsp3) is 0.516. The zero-order chi connectivity index (χ0) is 25.8. The Morgan fingerprint density at radius 2 is 1.78 bits per heavy atom. The summed E-state index contributed by atoms with van der Waals surface area (Å²) in [6.45, 7) is 3.27. The molecule has 1 heterocycles. The van der Waals surface area contributed by atoms with Gasteiger partial charge in [-0.1, -0.05) is 37.5 Å². The third kappa shape index (κ3) is 6.55. The van der Waals surface area contributed by atoms with E-state index in [4.69, 9.17) is 4.74 Å². The maximum absolute atomic E-state index is 11.6. The Labute approximate surface area is 219 Å². The van der Waals surface area contributed by atoms with Gasteiger partial charge in [-0.2, -0.15) is 0 Å². The van der Waals surface area contributed by atoms with Gasteiger partial charge in [0.2, 0.25) is 5.56 Å². The first-order valence-corrected chi connectivity index (χ1v) is 13.9. The SMILES string of the molecule is CC(Cc1ccc(OCCC2CC3CCCC(C3)C2)cc1)NC[C@H](O)c1ccc(O)c2[nH]c(=O)ccc12. The van der Waals surface area contributed by atoms with Crippen LogP contribution in [0.25, 0.3) is 10.9 Å². The van der Waals surface area contributed by atoms with E-state index < -0.39 is 6.10 Å². The predicted octanol–water partition coefficient (Wildman–Crippen LogP) is 5.47. The lowest BCUT2D eigenvalue weighted by molar-refractivity contribution is 0.120. The van der Waals surface area contributed by atoms with Gasteiger partial charge >= 0.3 is 0 Å². The third-order valence-corrected chi connectivity index (χ3v) is 8.41. The number of aliphatic hydroxyl groups is 1. The molecule has 2 aliphatic rings. The highest BCUT2D eigenvalue weighted by Gasteiger charge is 2.31. The minimum Gasteiger partial charge on any atom is -0.506 e. The van der Waals surface area contributed by atoms with Crippen LogP contribution in [0.5, 0.6) is 11.5 Å². The summed E-state index contributed by atoms with van der Waals surface area (Å²) in [6, 6.07) is 14.8. The molecule has 2 bridgehead atoms. The van der Waals surface area contributed by atoms with Crippen LogP contribution in [0.4, 0.5) is 0 Å². The molecule has 1 aromatic heterocycles. The molecule has 5 rings (SSSR count). The summed E-state index contributed by atoms with van der Waals surface area (Å²) in [5.74, 6) is 3.72. The summed E-state index contributed by atoms with van der Waals surface area (Å²) in [6.07, 6.45) is 9.84. The summed E-state index contributed by atoms with van der Waals surface area (Å²) in [5.41, 5.74) is 1.95. The molecule has 3 unspecified atom stereocenters. The van der Waals surface area contributed by atoms with Gasteiger partial charge in [-0.15, -0.1) is 0 Å². The molecule has 4 atom stereocenters. The summed E-state index contributed by atoms with van der Waals surface area (Å²) < 4.78 is 6.08. The Bertz CT molecular complexity index is 1230. The molecular weight excluding hydrogens is 464 g/mol. The molecule has 0 saturated heterocycles. The highest BCUT2D eigenvalue weighted by Crippen LogP contribution is 2.43. The summed E-state index contributed by atoms with van der Waals surface area (Å²) in [5, 5.41) is 24.9. The van der Waals surface area contributed by atoms with E-state index in [1.807, 2.05) is 0 Å². The monoisotopic (exact) mass is 504 g/mol. The normalized spacial score (nSPS) is 23.0. The van der Waals surface area contributed by atoms with E-state index >= 15 is 0 Å².